The predicted octanol–water partition coefficient (Wildman–Crippen LogP) is 2.65. The first-order valence-electron chi connectivity index (χ1n) is 6.82. The summed E-state index contributed by atoms with van der Waals surface area (Å²) in [7, 11) is 3.28. The quantitative estimate of drug-likeness (QED) is 0.422. The third-order valence-corrected chi connectivity index (χ3v) is 3.32. The SMILES string of the molecule is COCCOCCOCCOc1cc(CBr)ccc1OC. The Hall–Kier alpha value is -0.820. The molecule has 0 N–H and O–H groups in total. The summed E-state index contributed by atoms with van der Waals surface area (Å²) in [5.74, 6) is 1.46. The summed E-state index contributed by atoms with van der Waals surface area (Å²) in [5, 5.41) is 0.780. The van der Waals surface area contributed by atoms with Crippen molar-refractivity contribution in [1.29, 1.82) is 0 Å². The van der Waals surface area contributed by atoms with Gasteiger partial charge in [-0.25, -0.2) is 0 Å². The minimum absolute atomic E-state index is 0.472. The largest absolute Gasteiger partial charge is 0.493 e. The molecule has 0 fully saturated rings. The van der Waals surface area contributed by atoms with Crippen molar-refractivity contribution in [3.63, 3.8) is 0 Å². The molecule has 0 aliphatic carbocycles. The Labute approximate surface area is 134 Å². The van der Waals surface area contributed by atoms with Gasteiger partial charge in [-0.3, -0.25) is 0 Å². The number of methoxy groups -OCH3 is 2. The van der Waals surface area contributed by atoms with Gasteiger partial charge in [0.15, 0.2) is 11.5 Å². The van der Waals surface area contributed by atoms with Gasteiger partial charge in [-0.05, 0) is 17.7 Å². The van der Waals surface area contributed by atoms with E-state index in [-0.39, 0.29) is 0 Å². The molecule has 21 heavy (non-hydrogen) atoms. The van der Waals surface area contributed by atoms with Crippen molar-refractivity contribution in [2.45, 2.75) is 5.33 Å². The molecule has 6 heteroatoms. The summed E-state index contributed by atoms with van der Waals surface area (Å²) in [6, 6.07) is 5.85. The number of alkyl halides is 1. The van der Waals surface area contributed by atoms with Crippen LogP contribution in [0.15, 0.2) is 18.2 Å². The molecule has 120 valence electrons. The van der Waals surface area contributed by atoms with E-state index in [0.717, 1.165) is 22.4 Å². The molecule has 5 nitrogen and oxygen atoms in total. The molecule has 1 rings (SSSR count). The van der Waals surface area contributed by atoms with Crippen LogP contribution < -0.4 is 9.47 Å². The van der Waals surface area contributed by atoms with Gasteiger partial charge >= 0.3 is 0 Å². The highest BCUT2D eigenvalue weighted by Crippen LogP contribution is 2.28. The molecule has 0 radical (unpaired) electrons. The zero-order chi connectivity index (χ0) is 15.3. The van der Waals surface area contributed by atoms with Gasteiger partial charge in [-0.2, -0.15) is 0 Å². The van der Waals surface area contributed by atoms with E-state index in [4.69, 9.17) is 23.7 Å². The zero-order valence-corrected chi connectivity index (χ0v) is 14.2. The van der Waals surface area contributed by atoms with Crippen molar-refractivity contribution in [2.75, 3.05) is 53.9 Å². The van der Waals surface area contributed by atoms with E-state index in [1.54, 1.807) is 14.2 Å². The van der Waals surface area contributed by atoms with Crippen molar-refractivity contribution in [3.05, 3.63) is 23.8 Å². The Morgan fingerprint density at radius 3 is 2.14 bits per heavy atom. The molecular weight excluding hydrogens is 340 g/mol. The first-order valence-corrected chi connectivity index (χ1v) is 7.94. The second-order valence-electron chi connectivity index (χ2n) is 4.18. The molecule has 0 aliphatic rings. The second kappa shape index (κ2) is 11.8. The molecule has 0 amide bonds. The van der Waals surface area contributed by atoms with Crippen LogP contribution >= 0.6 is 15.9 Å². The van der Waals surface area contributed by atoms with Crippen LogP contribution in [0.4, 0.5) is 0 Å². The van der Waals surface area contributed by atoms with Crippen LogP contribution in [-0.2, 0) is 19.5 Å². The number of rotatable bonds is 12. The van der Waals surface area contributed by atoms with Gasteiger partial charge in [-0.15, -0.1) is 0 Å². The summed E-state index contributed by atoms with van der Waals surface area (Å²) < 4.78 is 26.5. The second-order valence-corrected chi connectivity index (χ2v) is 4.75. The lowest BCUT2D eigenvalue weighted by Crippen LogP contribution is -2.12. The minimum Gasteiger partial charge on any atom is -0.493 e. The number of ether oxygens (including phenoxy) is 5. The molecule has 0 saturated carbocycles. The number of halogens is 1. The van der Waals surface area contributed by atoms with Gasteiger partial charge in [0.25, 0.3) is 0 Å². The summed E-state index contributed by atoms with van der Waals surface area (Å²) in [6.45, 7) is 3.28. The molecule has 0 unspecified atom stereocenters. The topological polar surface area (TPSA) is 46.2 Å². The van der Waals surface area contributed by atoms with Crippen LogP contribution in [0.5, 0.6) is 11.5 Å². The summed E-state index contributed by atoms with van der Waals surface area (Å²) in [4.78, 5) is 0. The molecule has 0 heterocycles. The Kier molecular flexibility index (Phi) is 10.2. The smallest absolute Gasteiger partial charge is 0.161 e. The van der Waals surface area contributed by atoms with Crippen molar-refractivity contribution < 1.29 is 23.7 Å². The van der Waals surface area contributed by atoms with Crippen LogP contribution in [0.3, 0.4) is 0 Å². The Balaban J connectivity index is 2.17. The normalized spacial score (nSPS) is 10.6. The zero-order valence-electron chi connectivity index (χ0n) is 12.6. The maximum absolute atomic E-state index is 5.68. The molecule has 0 spiro atoms. The van der Waals surface area contributed by atoms with Crippen LogP contribution in [0.1, 0.15) is 5.56 Å². The first-order chi connectivity index (χ1) is 10.3. The number of benzene rings is 1. The molecule has 0 atom stereocenters. The van der Waals surface area contributed by atoms with E-state index in [0.29, 0.717) is 39.6 Å². The van der Waals surface area contributed by atoms with Gasteiger partial charge < -0.3 is 23.7 Å². The first kappa shape index (κ1) is 18.2. The van der Waals surface area contributed by atoms with Gasteiger partial charge in [0.2, 0.25) is 0 Å². The lowest BCUT2D eigenvalue weighted by molar-refractivity contribution is 0.0178. The Morgan fingerprint density at radius 1 is 0.857 bits per heavy atom. The molecule has 1 aromatic rings. The predicted molar refractivity (Wildman–Crippen MR) is 84.6 cm³/mol. The molecule has 0 aromatic heterocycles. The molecule has 0 saturated heterocycles. The Morgan fingerprint density at radius 2 is 1.52 bits per heavy atom. The fraction of sp³-hybridized carbons (Fsp3) is 0.600. The van der Waals surface area contributed by atoms with E-state index in [1.807, 2.05) is 18.2 Å². The van der Waals surface area contributed by atoms with E-state index in [2.05, 4.69) is 15.9 Å². The van der Waals surface area contributed by atoms with Gasteiger partial charge in [0.1, 0.15) is 6.61 Å². The fourth-order valence-corrected chi connectivity index (χ4v) is 1.94. The lowest BCUT2D eigenvalue weighted by atomic mass is 10.2. The third-order valence-electron chi connectivity index (χ3n) is 2.67. The summed E-state index contributed by atoms with van der Waals surface area (Å²) in [6.07, 6.45) is 0. The van der Waals surface area contributed by atoms with E-state index in [1.165, 1.54) is 0 Å². The standard InChI is InChI=1S/C15H23BrO5/c1-17-5-6-19-7-8-20-9-10-21-15-11-13(12-16)3-4-14(15)18-2/h3-4,11H,5-10,12H2,1-2H3. The van der Waals surface area contributed by atoms with E-state index < -0.39 is 0 Å². The van der Waals surface area contributed by atoms with Crippen LogP contribution in [0, 0.1) is 0 Å². The maximum Gasteiger partial charge on any atom is 0.161 e. The van der Waals surface area contributed by atoms with Gasteiger partial charge in [0, 0.05) is 12.4 Å². The number of hydrogen-bond donors (Lipinski definition) is 0. The lowest BCUT2D eigenvalue weighted by Gasteiger charge is -2.12. The average molecular weight is 363 g/mol. The molecule has 0 aliphatic heterocycles. The summed E-state index contributed by atoms with van der Waals surface area (Å²) in [5.41, 5.74) is 1.14. The number of hydrogen-bond acceptors (Lipinski definition) is 5. The highest BCUT2D eigenvalue weighted by atomic mass is 79.9. The van der Waals surface area contributed by atoms with Gasteiger partial charge in [-0.1, -0.05) is 22.0 Å². The maximum atomic E-state index is 5.68. The minimum atomic E-state index is 0.472. The molecule has 1 aromatic carbocycles. The van der Waals surface area contributed by atoms with Crippen molar-refractivity contribution in [2.24, 2.45) is 0 Å². The fourth-order valence-electron chi connectivity index (χ4n) is 1.59. The molecular formula is C15H23BrO5. The third kappa shape index (κ3) is 7.66. The highest BCUT2D eigenvalue weighted by Gasteiger charge is 2.05. The van der Waals surface area contributed by atoms with Crippen LogP contribution in [0.2, 0.25) is 0 Å². The monoisotopic (exact) mass is 362 g/mol. The molecule has 0 bridgehead atoms. The van der Waals surface area contributed by atoms with E-state index in [9.17, 15) is 0 Å². The van der Waals surface area contributed by atoms with Crippen LogP contribution in [0.25, 0.3) is 0 Å². The van der Waals surface area contributed by atoms with Crippen molar-refractivity contribution >= 4 is 15.9 Å². The highest BCUT2D eigenvalue weighted by molar-refractivity contribution is 9.08. The van der Waals surface area contributed by atoms with Gasteiger partial charge in [0.05, 0.1) is 40.1 Å². The van der Waals surface area contributed by atoms with Crippen LogP contribution in [-0.4, -0.2) is 53.9 Å². The van der Waals surface area contributed by atoms with Crippen molar-refractivity contribution in [1.82, 2.24) is 0 Å². The van der Waals surface area contributed by atoms with Crippen molar-refractivity contribution in [3.8, 4) is 11.5 Å². The average Bonchev–Trinajstić information content (AvgIpc) is 2.53. The summed E-state index contributed by atoms with van der Waals surface area (Å²) >= 11 is 3.42. The Bertz CT molecular complexity index is 386. The van der Waals surface area contributed by atoms with E-state index >= 15 is 0 Å².